The SMILES string of the molecule is CCN1C(=O)/C(=C\c2cc(Cl)c(OCc3ccccc3F)c(Cl)c2)SC1=Nc1ccc(F)cc1. The second kappa shape index (κ2) is 10.6. The molecule has 0 aromatic heterocycles. The van der Waals surface area contributed by atoms with Gasteiger partial charge in [-0.25, -0.2) is 13.8 Å². The number of amides is 1. The molecule has 0 N–H and O–H groups in total. The van der Waals surface area contributed by atoms with E-state index in [9.17, 15) is 13.6 Å². The highest BCUT2D eigenvalue weighted by molar-refractivity contribution is 8.18. The molecule has 4 nitrogen and oxygen atoms in total. The van der Waals surface area contributed by atoms with Crippen LogP contribution in [0.3, 0.4) is 0 Å². The standard InChI is InChI=1S/C25H18Cl2F2N2O2S/c1-2-31-24(32)22(34-25(31)30-18-9-7-17(28)8-10-18)13-15-11-19(26)23(20(27)12-15)33-14-16-5-3-4-6-21(16)29/h3-13H,2,14H2,1H3/b22-13+,30-25?. The molecule has 0 atom stereocenters. The van der Waals surface area contributed by atoms with Gasteiger partial charge >= 0.3 is 0 Å². The molecule has 174 valence electrons. The van der Waals surface area contributed by atoms with E-state index in [2.05, 4.69) is 4.99 Å². The maximum absolute atomic E-state index is 13.9. The number of nitrogens with zero attached hydrogens (tertiary/aromatic N) is 2. The van der Waals surface area contributed by atoms with Crippen molar-refractivity contribution in [1.82, 2.24) is 4.90 Å². The summed E-state index contributed by atoms with van der Waals surface area (Å²) in [4.78, 5) is 19.3. The third-order valence-corrected chi connectivity index (χ3v) is 6.47. The van der Waals surface area contributed by atoms with Gasteiger partial charge in [-0.1, -0.05) is 41.4 Å². The summed E-state index contributed by atoms with van der Waals surface area (Å²) >= 11 is 14.0. The number of benzene rings is 3. The number of carbonyl (C=O) groups excluding carboxylic acids is 1. The summed E-state index contributed by atoms with van der Waals surface area (Å²) in [6, 6.07) is 15.2. The number of halogens is 4. The molecule has 1 fully saturated rings. The lowest BCUT2D eigenvalue weighted by Gasteiger charge is -2.12. The molecule has 4 rings (SSSR count). The maximum Gasteiger partial charge on any atom is 0.266 e. The van der Waals surface area contributed by atoms with Gasteiger partial charge in [0.1, 0.15) is 18.2 Å². The zero-order chi connectivity index (χ0) is 24.2. The Morgan fingerprint density at radius 3 is 2.38 bits per heavy atom. The fraction of sp³-hybridized carbons (Fsp3) is 0.120. The average molecular weight is 519 g/mol. The number of aliphatic imine (C=N–C) groups is 1. The molecule has 9 heteroatoms. The van der Waals surface area contributed by atoms with Crippen molar-refractivity contribution in [2.75, 3.05) is 6.54 Å². The predicted molar refractivity (Wildman–Crippen MR) is 134 cm³/mol. The Hall–Kier alpha value is -2.87. The van der Waals surface area contributed by atoms with Crippen LogP contribution in [0.4, 0.5) is 14.5 Å². The number of hydrogen-bond donors (Lipinski definition) is 0. The van der Waals surface area contributed by atoms with E-state index in [1.54, 1.807) is 48.5 Å². The van der Waals surface area contributed by atoms with Crippen molar-refractivity contribution in [1.29, 1.82) is 0 Å². The Labute approximate surface area is 209 Å². The van der Waals surface area contributed by atoms with Crippen LogP contribution in [0, 0.1) is 11.6 Å². The zero-order valence-corrected chi connectivity index (χ0v) is 20.2. The molecule has 1 aliphatic rings. The number of hydrogen-bond acceptors (Lipinski definition) is 4. The zero-order valence-electron chi connectivity index (χ0n) is 17.9. The highest BCUT2D eigenvalue weighted by Gasteiger charge is 2.32. The number of amidine groups is 1. The number of thioether (sulfide) groups is 1. The van der Waals surface area contributed by atoms with Gasteiger partial charge in [0.25, 0.3) is 5.91 Å². The van der Waals surface area contributed by atoms with Crippen LogP contribution in [-0.4, -0.2) is 22.5 Å². The third kappa shape index (κ3) is 5.43. The number of ether oxygens (including phenoxy) is 1. The molecule has 0 spiro atoms. The van der Waals surface area contributed by atoms with Gasteiger partial charge in [-0.15, -0.1) is 0 Å². The first-order chi connectivity index (χ1) is 16.4. The summed E-state index contributed by atoms with van der Waals surface area (Å²) in [5.41, 5.74) is 1.52. The van der Waals surface area contributed by atoms with Gasteiger partial charge < -0.3 is 4.74 Å². The Balaban J connectivity index is 1.56. The van der Waals surface area contributed by atoms with Crippen LogP contribution in [0.1, 0.15) is 18.1 Å². The number of carbonyl (C=O) groups is 1. The van der Waals surface area contributed by atoms with Crippen molar-refractivity contribution in [3.63, 3.8) is 0 Å². The summed E-state index contributed by atoms with van der Waals surface area (Å²) in [5, 5.41) is 0.963. The van der Waals surface area contributed by atoms with Gasteiger partial charge in [0.15, 0.2) is 10.9 Å². The maximum atomic E-state index is 13.9. The lowest BCUT2D eigenvalue weighted by Crippen LogP contribution is -2.28. The van der Waals surface area contributed by atoms with Crippen LogP contribution in [0.2, 0.25) is 10.0 Å². The van der Waals surface area contributed by atoms with E-state index >= 15 is 0 Å². The summed E-state index contributed by atoms with van der Waals surface area (Å²) in [5.74, 6) is -0.720. The van der Waals surface area contributed by atoms with Crippen molar-refractivity contribution >= 4 is 57.8 Å². The van der Waals surface area contributed by atoms with Gasteiger partial charge in [0, 0.05) is 12.1 Å². The summed E-state index contributed by atoms with van der Waals surface area (Å²) in [6.45, 7) is 2.24. The molecule has 1 amide bonds. The molecule has 1 saturated heterocycles. The van der Waals surface area contributed by atoms with Crippen molar-refractivity contribution in [2.45, 2.75) is 13.5 Å². The number of likely N-dealkylation sites (N-methyl/N-ethyl adjacent to an activating group) is 1. The molecule has 0 aliphatic carbocycles. The lowest BCUT2D eigenvalue weighted by molar-refractivity contribution is -0.122. The topological polar surface area (TPSA) is 41.9 Å². The Morgan fingerprint density at radius 2 is 1.74 bits per heavy atom. The normalized spacial score (nSPS) is 16.0. The quantitative estimate of drug-likeness (QED) is 0.317. The largest absolute Gasteiger partial charge is 0.486 e. The number of rotatable bonds is 6. The van der Waals surface area contributed by atoms with Gasteiger partial charge in [0.05, 0.1) is 20.6 Å². The van der Waals surface area contributed by atoms with Crippen molar-refractivity contribution in [3.8, 4) is 5.75 Å². The van der Waals surface area contributed by atoms with Crippen LogP contribution in [0.5, 0.6) is 5.75 Å². The Kier molecular flexibility index (Phi) is 7.56. The molecule has 34 heavy (non-hydrogen) atoms. The molecule has 3 aromatic rings. The first kappa shape index (κ1) is 24.3. The fourth-order valence-electron chi connectivity index (χ4n) is 3.21. The van der Waals surface area contributed by atoms with E-state index in [4.69, 9.17) is 27.9 Å². The minimum absolute atomic E-state index is 0.0322. The van der Waals surface area contributed by atoms with Crippen LogP contribution in [0.15, 0.2) is 70.6 Å². The van der Waals surface area contributed by atoms with E-state index < -0.39 is 0 Å². The summed E-state index contributed by atoms with van der Waals surface area (Å²) < 4.78 is 32.7. The molecule has 1 heterocycles. The Bertz CT molecular complexity index is 1270. The summed E-state index contributed by atoms with van der Waals surface area (Å²) in [7, 11) is 0. The minimum atomic E-state index is -0.383. The molecular weight excluding hydrogens is 501 g/mol. The van der Waals surface area contributed by atoms with E-state index in [0.29, 0.717) is 33.4 Å². The van der Waals surface area contributed by atoms with E-state index in [0.717, 1.165) is 0 Å². The van der Waals surface area contributed by atoms with Gasteiger partial charge in [-0.2, -0.15) is 0 Å². The van der Waals surface area contributed by atoms with Gasteiger partial charge in [-0.3, -0.25) is 9.69 Å². The first-order valence-corrected chi connectivity index (χ1v) is 11.8. The van der Waals surface area contributed by atoms with Crippen LogP contribution >= 0.6 is 35.0 Å². The van der Waals surface area contributed by atoms with Crippen LogP contribution in [-0.2, 0) is 11.4 Å². The van der Waals surface area contributed by atoms with Crippen LogP contribution in [0.25, 0.3) is 6.08 Å². The van der Waals surface area contributed by atoms with Gasteiger partial charge in [0.2, 0.25) is 0 Å². The predicted octanol–water partition coefficient (Wildman–Crippen LogP) is 7.47. The molecule has 0 saturated carbocycles. The van der Waals surface area contributed by atoms with Crippen molar-refractivity contribution < 1.29 is 18.3 Å². The summed E-state index contributed by atoms with van der Waals surface area (Å²) in [6.07, 6.45) is 1.67. The van der Waals surface area contributed by atoms with E-state index in [-0.39, 0.29) is 39.9 Å². The second-order valence-corrected chi connectivity index (χ2v) is 9.05. The smallest absolute Gasteiger partial charge is 0.266 e. The third-order valence-electron chi connectivity index (χ3n) is 4.90. The molecule has 0 unspecified atom stereocenters. The van der Waals surface area contributed by atoms with E-state index in [1.165, 1.54) is 34.9 Å². The van der Waals surface area contributed by atoms with Crippen molar-refractivity contribution in [3.05, 3.63) is 98.4 Å². The van der Waals surface area contributed by atoms with Crippen molar-refractivity contribution in [2.24, 2.45) is 4.99 Å². The van der Waals surface area contributed by atoms with Gasteiger partial charge in [-0.05, 0) is 72.8 Å². The van der Waals surface area contributed by atoms with Crippen LogP contribution < -0.4 is 4.74 Å². The highest BCUT2D eigenvalue weighted by Crippen LogP contribution is 2.38. The lowest BCUT2D eigenvalue weighted by atomic mass is 10.2. The molecule has 0 bridgehead atoms. The molecule has 0 radical (unpaired) electrons. The van der Waals surface area contributed by atoms with E-state index in [1.807, 2.05) is 6.92 Å². The molecular formula is C25H18Cl2F2N2O2S. The first-order valence-electron chi connectivity index (χ1n) is 10.3. The average Bonchev–Trinajstić information content (AvgIpc) is 3.09. The second-order valence-electron chi connectivity index (χ2n) is 7.22. The molecule has 1 aliphatic heterocycles. The molecule has 3 aromatic carbocycles. The minimum Gasteiger partial charge on any atom is -0.486 e. The fourth-order valence-corrected chi connectivity index (χ4v) is 4.89. The Morgan fingerprint density at radius 1 is 1.06 bits per heavy atom. The monoisotopic (exact) mass is 518 g/mol. The highest BCUT2D eigenvalue weighted by atomic mass is 35.5.